The molecule has 0 aliphatic rings. The van der Waals surface area contributed by atoms with Crippen LogP contribution in [-0.2, 0) is 5.88 Å². The van der Waals surface area contributed by atoms with Crippen molar-refractivity contribution in [2.45, 2.75) is 12.8 Å². The lowest BCUT2D eigenvalue weighted by molar-refractivity contribution is 0.451. The van der Waals surface area contributed by atoms with Crippen molar-refractivity contribution in [3.05, 3.63) is 51.9 Å². The van der Waals surface area contributed by atoms with E-state index in [0.717, 1.165) is 11.1 Å². The number of pyridine rings is 1. The first-order chi connectivity index (χ1) is 8.60. The highest BCUT2D eigenvalue weighted by Gasteiger charge is 2.08. The molecule has 0 aliphatic heterocycles. The van der Waals surface area contributed by atoms with E-state index in [1.807, 2.05) is 13.0 Å². The minimum atomic E-state index is -0.358. The van der Waals surface area contributed by atoms with Crippen LogP contribution in [0.2, 0.25) is 0 Å². The lowest BCUT2D eigenvalue weighted by atomic mass is 10.2. The van der Waals surface area contributed by atoms with Gasteiger partial charge in [0.1, 0.15) is 11.6 Å². The molecule has 1 heterocycles. The van der Waals surface area contributed by atoms with Gasteiger partial charge in [-0.3, -0.25) is 0 Å². The molecule has 2 rings (SSSR count). The number of ether oxygens (including phenoxy) is 1. The van der Waals surface area contributed by atoms with E-state index in [-0.39, 0.29) is 5.82 Å². The van der Waals surface area contributed by atoms with Crippen LogP contribution in [-0.4, -0.2) is 4.98 Å². The van der Waals surface area contributed by atoms with Gasteiger partial charge in [0.15, 0.2) is 0 Å². The largest absolute Gasteiger partial charge is 0.437 e. The Morgan fingerprint density at radius 1 is 1.39 bits per heavy atom. The topological polar surface area (TPSA) is 22.1 Å². The second-order valence-electron chi connectivity index (χ2n) is 3.78. The lowest BCUT2D eigenvalue weighted by Crippen LogP contribution is -1.94. The second-order valence-corrected chi connectivity index (χ2v) is 4.90. The van der Waals surface area contributed by atoms with Crippen molar-refractivity contribution in [1.82, 2.24) is 4.98 Å². The smallest absolute Gasteiger partial charge is 0.222 e. The van der Waals surface area contributed by atoms with Gasteiger partial charge in [0, 0.05) is 23.7 Å². The lowest BCUT2D eigenvalue weighted by Gasteiger charge is -2.09. The molecule has 2 nitrogen and oxygen atoms in total. The van der Waals surface area contributed by atoms with Gasteiger partial charge in [0.2, 0.25) is 5.88 Å². The average molecular weight is 331 g/mol. The summed E-state index contributed by atoms with van der Waals surface area (Å²) < 4.78 is 19.4. The maximum atomic E-state index is 13.1. The minimum absolute atomic E-state index is 0.358. The first kappa shape index (κ1) is 13.3. The molecule has 0 amide bonds. The van der Waals surface area contributed by atoms with Gasteiger partial charge in [-0.2, -0.15) is 0 Å². The highest BCUT2D eigenvalue weighted by atomic mass is 79.9. The third kappa shape index (κ3) is 3.00. The summed E-state index contributed by atoms with van der Waals surface area (Å²) in [7, 11) is 0. The fraction of sp³-hybridized carbons (Fsp3) is 0.154. The summed E-state index contributed by atoms with van der Waals surface area (Å²) in [6, 6.07) is 6.14. The van der Waals surface area contributed by atoms with Gasteiger partial charge in [-0.25, -0.2) is 9.37 Å². The molecule has 1 aromatic heterocycles. The van der Waals surface area contributed by atoms with E-state index in [1.54, 1.807) is 12.3 Å². The van der Waals surface area contributed by atoms with Crippen LogP contribution < -0.4 is 4.74 Å². The molecule has 0 unspecified atom stereocenters. The van der Waals surface area contributed by atoms with Crippen molar-refractivity contribution in [3.63, 3.8) is 0 Å². The number of benzene rings is 1. The summed E-state index contributed by atoms with van der Waals surface area (Å²) in [6.45, 7) is 1.87. The van der Waals surface area contributed by atoms with Crippen LogP contribution in [0.4, 0.5) is 4.39 Å². The normalized spacial score (nSPS) is 10.4. The highest BCUT2D eigenvalue weighted by Crippen LogP contribution is 2.31. The molecule has 0 saturated carbocycles. The molecule has 0 N–H and O–H groups in total. The van der Waals surface area contributed by atoms with E-state index in [9.17, 15) is 4.39 Å². The fourth-order valence-corrected chi connectivity index (χ4v) is 1.93. The molecule has 0 spiro atoms. The van der Waals surface area contributed by atoms with Gasteiger partial charge in [-0.15, -0.1) is 11.6 Å². The molecule has 0 radical (unpaired) electrons. The van der Waals surface area contributed by atoms with Crippen LogP contribution in [0.25, 0.3) is 0 Å². The summed E-state index contributed by atoms with van der Waals surface area (Å²) in [6.07, 6.45) is 1.64. The van der Waals surface area contributed by atoms with Gasteiger partial charge in [0.25, 0.3) is 0 Å². The van der Waals surface area contributed by atoms with Crippen LogP contribution >= 0.6 is 27.5 Å². The SMILES string of the molecule is Cc1cc(CCl)cnc1Oc1cc(F)ccc1Br. The Morgan fingerprint density at radius 3 is 2.83 bits per heavy atom. The molecule has 18 heavy (non-hydrogen) atoms. The predicted molar refractivity (Wildman–Crippen MR) is 72.7 cm³/mol. The second kappa shape index (κ2) is 5.67. The predicted octanol–water partition coefficient (Wildman–Crippen LogP) is 4.82. The van der Waals surface area contributed by atoms with Gasteiger partial charge in [-0.1, -0.05) is 0 Å². The maximum Gasteiger partial charge on any atom is 0.222 e. The summed E-state index contributed by atoms with van der Waals surface area (Å²) in [4.78, 5) is 4.17. The van der Waals surface area contributed by atoms with E-state index in [4.69, 9.17) is 16.3 Å². The molecule has 1 aromatic carbocycles. The summed E-state index contributed by atoms with van der Waals surface area (Å²) in [5.74, 6) is 0.875. The quantitative estimate of drug-likeness (QED) is 0.753. The molecule has 0 aliphatic carbocycles. The van der Waals surface area contributed by atoms with E-state index in [0.29, 0.717) is 22.0 Å². The zero-order valence-electron chi connectivity index (χ0n) is 9.58. The van der Waals surface area contributed by atoms with Crippen LogP contribution in [0.15, 0.2) is 34.9 Å². The molecule has 5 heteroatoms. The summed E-state index contributed by atoms with van der Waals surface area (Å²) in [5.41, 5.74) is 1.77. The fourth-order valence-electron chi connectivity index (χ4n) is 1.46. The Labute approximate surface area is 118 Å². The van der Waals surface area contributed by atoms with Crippen molar-refractivity contribution in [2.24, 2.45) is 0 Å². The Bertz CT molecular complexity index is 577. The van der Waals surface area contributed by atoms with Crippen LogP contribution in [0.1, 0.15) is 11.1 Å². The highest BCUT2D eigenvalue weighted by molar-refractivity contribution is 9.10. The van der Waals surface area contributed by atoms with Gasteiger partial charge in [-0.05, 0) is 46.6 Å². The Balaban J connectivity index is 2.31. The number of hydrogen-bond acceptors (Lipinski definition) is 2. The van der Waals surface area contributed by atoms with Crippen molar-refractivity contribution in [1.29, 1.82) is 0 Å². The molecular weight excluding hydrogens is 321 g/mol. The Morgan fingerprint density at radius 2 is 2.17 bits per heavy atom. The Kier molecular flexibility index (Phi) is 4.19. The van der Waals surface area contributed by atoms with E-state index < -0.39 is 0 Å². The summed E-state index contributed by atoms with van der Waals surface area (Å²) in [5, 5.41) is 0. The van der Waals surface area contributed by atoms with E-state index in [2.05, 4.69) is 20.9 Å². The molecule has 2 aromatic rings. The average Bonchev–Trinajstić information content (AvgIpc) is 2.36. The van der Waals surface area contributed by atoms with Gasteiger partial charge < -0.3 is 4.74 Å². The molecule has 0 saturated heterocycles. The first-order valence-corrected chi connectivity index (χ1v) is 6.57. The van der Waals surface area contributed by atoms with Crippen LogP contribution in [0.3, 0.4) is 0 Å². The molecule has 0 bridgehead atoms. The van der Waals surface area contributed by atoms with E-state index >= 15 is 0 Å². The monoisotopic (exact) mass is 329 g/mol. The Hall–Kier alpha value is -1.13. The number of aryl methyl sites for hydroxylation is 1. The number of rotatable bonds is 3. The maximum absolute atomic E-state index is 13.1. The molecular formula is C13H10BrClFNO. The van der Waals surface area contributed by atoms with Gasteiger partial charge >= 0.3 is 0 Å². The first-order valence-electron chi connectivity index (χ1n) is 5.24. The standard InChI is InChI=1S/C13H10BrClFNO/c1-8-4-9(6-15)7-17-13(8)18-12-5-10(16)2-3-11(12)14/h2-5,7H,6H2,1H3. The third-order valence-corrected chi connectivity index (χ3v) is 3.30. The number of alkyl halides is 1. The number of nitrogens with zero attached hydrogens (tertiary/aromatic N) is 1. The molecule has 94 valence electrons. The van der Waals surface area contributed by atoms with Crippen molar-refractivity contribution >= 4 is 27.5 Å². The molecule has 0 fully saturated rings. The van der Waals surface area contributed by atoms with Crippen LogP contribution in [0, 0.1) is 12.7 Å². The number of aromatic nitrogens is 1. The number of halogens is 3. The van der Waals surface area contributed by atoms with Gasteiger partial charge in [0.05, 0.1) is 4.47 Å². The molecule has 0 atom stereocenters. The zero-order chi connectivity index (χ0) is 13.1. The van der Waals surface area contributed by atoms with Crippen molar-refractivity contribution < 1.29 is 9.13 Å². The van der Waals surface area contributed by atoms with Crippen molar-refractivity contribution in [2.75, 3.05) is 0 Å². The van der Waals surface area contributed by atoms with Crippen molar-refractivity contribution in [3.8, 4) is 11.6 Å². The zero-order valence-corrected chi connectivity index (χ0v) is 11.9. The third-order valence-electron chi connectivity index (χ3n) is 2.34. The van der Waals surface area contributed by atoms with Crippen LogP contribution in [0.5, 0.6) is 11.6 Å². The summed E-state index contributed by atoms with van der Waals surface area (Å²) >= 11 is 9.02. The minimum Gasteiger partial charge on any atom is -0.437 e. The number of hydrogen-bond donors (Lipinski definition) is 0. The van der Waals surface area contributed by atoms with E-state index in [1.165, 1.54) is 12.1 Å².